The van der Waals surface area contributed by atoms with Crippen LogP contribution in [0.1, 0.15) is 11.1 Å². The third kappa shape index (κ3) is 3.68. The Morgan fingerprint density at radius 1 is 0.826 bits per heavy atom. The van der Waals surface area contributed by atoms with E-state index in [1.807, 2.05) is 0 Å². The molecule has 0 unspecified atom stereocenters. The molecule has 1 aliphatic rings. The molecule has 0 atom stereocenters. The summed E-state index contributed by atoms with van der Waals surface area (Å²) in [6.45, 7) is 6.76. The number of hydrogen-bond acceptors (Lipinski definition) is 2. The SMILES string of the molecule is CN1C(c2ccccc2)=[As]C(O[Si](C)(C)C)=C1c1ccccc1. The van der Waals surface area contributed by atoms with Crippen molar-refractivity contribution >= 4 is 33.8 Å². The van der Waals surface area contributed by atoms with E-state index >= 15 is 0 Å². The molecular weight excluding hydrogens is 361 g/mol. The first-order chi connectivity index (χ1) is 11.0. The summed E-state index contributed by atoms with van der Waals surface area (Å²) in [4.78, 5) is 2.33. The van der Waals surface area contributed by atoms with Crippen molar-refractivity contribution in [2.24, 2.45) is 0 Å². The molecule has 4 heteroatoms. The fourth-order valence-corrected chi connectivity index (χ4v) is 7.65. The standard InChI is InChI=1S/C19H22AsNOSi/c1-21-17(15-11-7-5-8-12-15)19(22-23(2,3)4)20-18(21)16-13-9-6-10-14-16/h5-14H,1-4H3. The molecule has 2 aromatic carbocycles. The Morgan fingerprint density at radius 3 is 1.87 bits per heavy atom. The zero-order valence-electron chi connectivity index (χ0n) is 14.1. The van der Waals surface area contributed by atoms with Gasteiger partial charge >= 0.3 is 146 Å². The van der Waals surface area contributed by atoms with Crippen LogP contribution in [0.4, 0.5) is 0 Å². The van der Waals surface area contributed by atoms with Crippen LogP contribution in [0.5, 0.6) is 0 Å². The number of rotatable bonds is 4. The average Bonchev–Trinajstić information content (AvgIpc) is 2.83. The van der Waals surface area contributed by atoms with E-state index in [2.05, 4.69) is 92.3 Å². The van der Waals surface area contributed by atoms with Crippen molar-refractivity contribution < 1.29 is 4.43 Å². The monoisotopic (exact) mass is 383 g/mol. The molecule has 0 aromatic heterocycles. The summed E-state index contributed by atoms with van der Waals surface area (Å²) < 4.78 is 9.08. The van der Waals surface area contributed by atoms with Crippen molar-refractivity contribution in [2.45, 2.75) is 19.6 Å². The van der Waals surface area contributed by atoms with Crippen molar-refractivity contribution in [1.82, 2.24) is 4.90 Å². The average molecular weight is 383 g/mol. The summed E-state index contributed by atoms with van der Waals surface area (Å²) in [5, 5.41) is 0. The fourth-order valence-electron chi connectivity index (χ4n) is 2.59. The van der Waals surface area contributed by atoms with Gasteiger partial charge in [-0.25, -0.2) is 0 Å². The Balaban J connectivity index is 2.06. The molecule has 0 N–H and O–H groups in total. The zero-order chi connectivity index (χ0) is 16.4. The first-order valence-corrected chi connectivity index (χ1v) is 13.1. The van der Waals surface area contributed by atoms with E-state index < -0.39 is 8.32 Å². The Kier molecular flexibility index (Phi) is 4.61. The second kappa shape index (κ2) is 6.50. The maximum absolute atomic E-state index is 6.49. The van der Waals surface area contributed by atoms with E-state index in [1.54, 1.807) is 0 Å². The van der Waals surface area contributed by atoms with Gasteiger partial charge in [0.2, 0.25) is 0 Å². The fraction of sp³-hybridized carbons (Fsp3) is 0.211. The van der Waals surface area contributed by atoms with Crippen LogP contribution in [0.15, 0.2) is 65.2 Å². The van der Waals surface area contributed by atoms with Gasteiger partial charge in [0.25, 0.3) is 0 Å². The van der Waals surface area contributed by atoms with Crippen molar-refractivity contribution in [3.05, 3.63) is 76.3 Å². The minimum atomic E-state index is -1.63. The van der Waals surface area contributed by atoms with E-state index in [1.165, 1.54) is 25.8 Å². The van der Waals surface area contributed by atoms with Crippen LogP contribution in [0.25, 0.3) is 5.70 Å². The summed E-state index contributed by atoms with van der Waals surface area (Å²) in [7, 11) is 0.536. The first-order valence-electron chi connectivity index (χ1n) is 7.82. The van der Waals surface area contributed by atoms with E-state index in [4.69, 9.17) is 4.43 Å². The molecule has 0 spiro atoms. The van der Waals surface area contributed by atoms with Gasteiger partial charge < -0.3 is 0 Å². The topological polar surface area (TPSA) is 12.5 Å². The van der Waals surface area contributed by atoms with Crippen LogP contribution in [0.2, 0.25) is 19.6 Å². The molecule has 0 saturated heterocycles. The van der Waals surface area contributed by atoms with Gasteiger partial charge in [0.05, 0.1) is 0 Å². The van der Waals surface area contributed by atoms with Crippen molar-refractivity contribution in [3.8, 4) is 0 Å². The van der Waals surface area contributed by atoms with Gasteiger partial charge in [0.1, 0.15) is 0 Å². The summed E-state index contributed by atoms with van der Waals surface area (Å²) in [5.74, 6) is 0. The van der Waals surface area contributed by atoms with E-state index in [9.17, 15) is 0 Å². The Labute approximate surface area is 146 Å². The van der Waals surface area contributed by atoms with E-state index in [0.717, 1.165) is 0 Å². The van der Waals surface area contributed by atoms with Crippen LogP contribution in [0, 0.1) is 0 Å². The summed E-state index contributed by atoms with van der Waals surface area (Å²) in [6.07, 6.45) is 0. The Morgan fingerprint density at radius 2 is 1.35 bits per heavy atom. The molecule has 0 aliphatic carbocycles. The van der Waals surface area contributed by atoms with Gasteiger partial charge in [0.15, 0.2) is 0 Å². The Hall–Kier alpha value is -1.57. The molecule has 3 rings (SSSR count). The quantitative estimate of drug-likeness (QED) is 0.741. The van der Waals surface area contributed by atoms with Gasteiger partial charge in [-0.3, -0.25) is 0 Å². The maximum atomic E-state index is 6.49. The van der Waals surface area contributed by atoms with E-state index in [-0.39, 0.29) is 15.3 Å². The van der Waals surface area contributed by atoms with Gasteiger partial charge in [-0.1, -0.05) is 0 Å². The van der Waals surface area contributed by atoms with Gasteiger partial charge in [-0.2, -0.15) is 0 Å². The van der Waals surface area contributed by atoms with Crippen LogP contribution in [-0.2, 0) is 4.43 Å². The molecule has 0 saturated carbocycles. The van der Waals surface area contributed by atoms with Gasteiger partial charge in [-0.05, 0) is 0 Å². The minimum absolute atomic E-state index is 0.134. The predicted octanol–water partition coefficient (Wildman–Crippen LogP) is 3.99. The molecule has 0 bridgehead atoms. The third-order valence-electron chi connectivity index (χ3n) is 3.55. The number of benzene rings is 2. The van der Waals surface area contributed by atoms with Gasteiger partial charge in [-0.15, -0.1) is 0 Å². The molecule has 23 heavy (non-hydrogen) atoms. The number of hydrogen-bond donors (Lipinski definition) is 0. The number of nitrogens with zero attached hydrogens (tertiary/aromatic N) is 1. The molecule has 118 valence electrons. The van der Waals surface area contributed by atoms with Gasteiger partial charge in [0, 0.05) is 0 Å². The molecule has 0 amide bonds. The van der Waals surface area contributed by atoms with Crippen molar-refractivity contribution in [1.29, 1.82) is 0 Å². The predicted molar refractivity (Wildman–Crippen MR) is 102 cm³/mol. The van der Waals surface area contributed by atoms with Crippen LogP contribution in [-0.4, -0.2) is 40.0 Å². The van der Waals surface area contributed by atoms with E-state index in [0.29, 0.717) is 0 Å². The van der Waals surface area contributed by atoms with Crippen molar-refractivity contribution in [3.63, 3.8) is 0 Å². The molecule has 2 aromatic rings. The summed E-state index contributed by atoms with van der Waals surface area (Å²) in [6, 6.07) is 21.3. The normalized spacial score (nSPS) is 15.7. The second-order valence-corrected chi connectivity index (χ2v) is 13.2. The molecule has 1 aliphatic heterocycles. The molecule has 1 heterocycles. The zero-order valence-corrected chi connectivity index (χ0v) is 17.0. The first kappa shape index (κ1) is 16.3. The Bertz CT molecular complexity index is 748. The molecular formula is C19H22AsNOSi. The van der Waals surface area contributed by atoms with Crippen molar-refractivity contribution in [2.75, 3.05) is 7.05 Å². The summed E-state index contributed by atoms with van der Waals surface area (Å²) >= 11 is -0.134. The second-order valence-electron chi connectivity index (χ2n) is 6.59. The molecule has 0 fully saturated rings. The van der Waals surface area contributed by atoms with Crippen LogP contribution >= 0.6 is 0 Å². The van der Waals surface area contributed by atoms with Crippen LogP contribution < -0.4 is 0 Å². The summed E-state index contributed by atoms with van der Waals surface area (Å²) in [5.41, 5.74) is 3.79. The molecule has 2 nitrogen and oxygen atoms in total. The third-order valence-corrected chi connectivity index (χ3v) is 7.41. The van der Waals surface area contributed by atoms with Crippen LogP contribution in [0.3, 0.4) is 0 Å². The molecule has 0 radical (unpaired) electrons.